The van der Waals surface area contributed by atoms with Crippen LogP contribution in [0, 0.1) is 5.82 Å². The summed E-state index contributed by atoms with van der Waals surface area (Å²) in [6.45, 7) is 1.05. The highest BCUT2D eigenvalue weighted by atomic mass is 19.4. The van der Waals surface area contributed by atoms with Gasteiger partial charge in [0.1, 0.15) is 11.7 Å². The standard InChI is InChI=1S/C13H10F4N2O2/c1-7(11(20)13(15,16)17)12-18-10(19-21-12)6-8-2-4-9(14)5-3-8/h2-5,7H,6H2,1H3. The molecule has 2 rings (SSSR count). The van der Waals surface area contributed by atoms with Gasteiger partial charge in [0.2, 0.25) is 11.7 Å². The Morgan fingerprint density at radius 3 is 2.48 bits per heavy atom. The van der Waals surface area contributed by atoms with Crippen LogP contribution in [0.15, 0.2) is 28.8 Å². The highest BCUT2D eigenvalue weighted by Gasteiger charge is 2.43. The van der Waals surface area contributed by atoms with Gasteiger partial charge in [-0.15, -0.1) is 0 Å². The molecule has 1 unspecified atom stereocenters. The minimum absolute atomic E-state index is 0.124. The molecule has 0 aliphatic rings. The minimum Gasteiger partial charge on any atom is -0.339 e. The number of alkyl halides is 3. The Morgan fingerprint density at radius 1 is 1.29 bits per heavy atom. The van der Waals surface area contributed by atoms with Gasteiger partial charge in [-0.25, -0.2) is 4.39 Å². The predicted octanol–water partition coefficient (Wildman–Crippen LogP) is 3.03. The Balaban J connectivity index is 2.11. The van der Waals surface area contributed by atoms with Crippen LogP contribution in [-0.4, -0.2) is 22.1 Å². The van der Waals surface area contributed by atoms with E-state index >= 15 is 0 Å². The van der Waals surface area contributed by atoms with Gasteiger partial charge in [0.15, 0.2) is 5.82 Å². The van der Waals surface area contributed by atoms with Gasteiger partial charge in [0, 0.05) is 6.42 Å². The molecular formula is C13H10F4N2O2. The Bertz CT molecular complexity index is 634. The van der Waals surface area contributed by atoms with Crippen LogP contribution in [0.2, 0.25) is 0 Å². The summed E-state index contributed by atoms with van der Waals surface area (Å²) in [4.78, 5) is 14.8. The topological polar surface area (TPSA) is 56.0 Å². The fourth-order valence-corrected chi connectivity index (χ4v) is 1.66. The summed E-state index contributed by atoms with van der Waals surface area (Å²) in [7, 11) is 0. The molecule has 21 heavy (non-hydrogen) atoms. The summed E-state index contributed by atoms with van der Waals surface area (Å²) in [6, 6.07) is 5.48. The molecule has 0 saturated carbocycles. The van der Waals surface area contributed by atoms with Crippen molar-refractivity contribution >= 4 is 5.78 Å². The second kappa shape index (κ2) is 5.63. The highest BCUT2D eigenvalue weighted by molar-refractivity contribution is 5.89. The smallest absolute Gasteiger partial charge is 0.339 e. The molecule has 1 heterocycles. The van der Waals surface area contributed by atoms with Crippen LogP contribution in [0.4, 0.5) is 17.6 Å². The number of hydrogen-bond acceptors (Lipinski definition) is 4. The largest absolute Gasteiger partial charge is 0.450 e. The molecule has 1 aromatic carbocycles. The van der Waals surface area contributed by atoms with E-state index in [0.29, 0.717) is 5.56 Å². The fraction of sp³-hybridized carbons (Fsp3) is 0.308. The predicted molar refractivity (Wildman–Crippen MR) is 63.0 cm³/mol. The van der Waals surface area contributed by atoms with Crippen molar-refractivity contribution in [3.8, 4) is 0 Å². The van der Waals surface area contributed by atoms with E-state index in [9.17, 15) is 22.4 Å². The van der Waals surface area contributed by atoms with Crippen molar-refractivity contribution < 1.29 is 26.9 Å². The van der Waals surface area contributed by atoms with Gasteiger partial charge in [0.05, 0.1) is 0 Å². The van der Waals surface area contributed by atoms with Crippen LogP contribution in [0.25, 0.3) is 0 Å². The molecule has 0 amide bonds. The molecule has 112 valence electrons. The summed E-state index contributed by atoms with van der Waals surface area (Å²) in [5, 5.41) is 3.52. The van der Waals surface area contributed by atoms with Crippen LogP contribution in [0.3, 0.4) is 0 Å². The van der Waals surface area contributed by atoms with Gasteiger partial charge in [-0.1, -0.05) is 17.3 Å². The third-order valence-corrected chi connectivity index (χ3v) is 2.80. The number of carbonyl (C=O) groups excluding carboxylic acids is 1. The number of Topliss-reactive ketones (excluding diaryl/α,β-unsaturated/α-hetero) is 1. The number of halogens is 4. The van der Waals surface area contributed by atoms with E-state index in [1.807, 2.05) is 0 Å². The fourth-order valence-electron chi connectivity index (χ4n) is 1.66. The summed E-state index contributed by atoms with van der Waals surface area (Å²) in [5.74, 6) is -4.18. The maximum absolute atomic E-state index is 12.7. The van der Waals surface area contributed by atoms with Crippen LogP contribution in [0.1, 0.15) is 30.1 Å². The molecule has 1 atom stereocenters. The van der Waals surface area contributed by atoms with Gasteiger partial charge in [-0.2, -0.15) is 18.2 Å². The monoisotopic (exact) mass is 302 g/mol. The van der Waals surface area contributed by atoms with E-state index in [1.165, 1.54) is 24.3 Å². The van der Waals surface area contributed by atoms with Gasteiger partial charge >= 0.3 is 6.18 Å². The van der Waals surface area contributed by atoms with Gasteiger partial charge < -0.3 is 4.52 Å². The van der Waals surface area contributed by atoms with Crippen molar-refractivity contribution in [1.82, 2.24) is 10.1 Å². The van der Waals surface area contributed by atoms with Gasteiger partial charge in [-0.3, -0.25) is 4.79 Å². The first-order valence-corrected chi connectivity index (χ1v) is 5.95. The van der Waals surface area contributed by atoms with Crippen molar-refractivity contribution in [2.45, 2.75) is 25.4 Å². The Labute approximate surface area is 116 Å². The molecule has 4 nitrogen and oxygen atoms in total. The van der Waals surface area contributed by atoms with Crippen molar-refractivity contribution in [2.24, 2.45) is 0 Å². The normalized spacial score (nSPS) is 13.2. The lowest BCUT2D eigenvalue weighted by atomic mass is 10.1. The lowest BCUT2D eigenvalue weighted by Gasteiger charge is -2.08. The molecule has 1 aromatic heterocycles. The first-order valence-electron chi connectivity index (χ1n) is 5.95. The van der Waals surface area contributed by atoms with E-state index in [1.54, 1.807) is 0 Å². The summed E-state index contributed by atoms with van der Waals surface area (Å²) < 4.78 is 54.3. The van der Waals surface area contributed by atoms with E-state index < -0.39 is 29.6 Å². The number of benzene rings is 1. The molecule has 0 N–H and O–H groups in total. The van der Waals surface area contributed by atoms with Crippen molar-refractivity contribution in [3.05, 3.63) is 47.4 Å². The summed E-state index contributed by atoms with van der Waals surface area (Å²) in [5.41, 5.74) is 0.665. The zero-order valence-corrected chi connectivity index (χ0v) is 10.8. The van der Waals surface area contributed by atoms with Gasteiger partial charge in [-0.05, 0) is 24.6 Å². The zero-order chi connectivity index (χ0) is 15.6. The maximum Gasteiger partial charge on any atom is 0.450 e. The number of rotatable bonds is 4. The zero-order valence-electron chi connectivity index (χ0n) is 10.8. The van der Waals surface area contributed by atoms with E-state index in [0.717, 1.165) is 6.92 Å². The van der Waals surface area contributed by atoms with Crippen molar-refractivity contribution in [1.29, 1.82) is 0 Å². The minimum atomic E-state index is -4.95. The van der Waals surface area contributed by atoms with E-state index in [-0.39, 0.29) is 12.2 Å². The highest BCUT2D eigenvalue weighted by Crippen LogP contribution is 2.26. The molecule has 0 spiro atoms. The van der Waals surface area contributed by atoms with Gasteiger partial charge in [0.25, 0.3) is 0 Å². The molecule has 0 bridgehead atoms. The number of carbonyl (C=O) groups is 1. The Kier molecular flexibility index (Phi) is 4.06. The molecular weight excluding hydrogens is 292 g/mol. The van der Waals surface area contributed by atoms with Crippen LogP contribution >= 0.6 is 0 Å². The van der Waals surface area contributed by atoms with E-state index in [2.05, 4.69) is 14.7 Å². The first-order chi connectivity index (χ1) is 9.77. The third-order valence-electron chi connectivity index (χ3n) is 2.80. The molecule has 8 heteroatoms. The molecule has 0 aliphatic carbocycles. The molecule has 2 aromatic rings. The second-order valence-corrected chi connectivity index (χ2v) is 4.44. The molecule has 0 aliphatic heterocycles. The number of nitrogens with zero attached hydrogens (tertiary/aromatic N) is 2. The van der Waals surface area contributed by atoms with Crippen LogP contribution < -0.4 is 0 Å². The number of hydrogen-bond donors (Lipinski definition) is 0. The summed E-state index contributed by atoms with van der Waals surface area (Å²) >= 11 is 0. The van der Waals surface area contributed by atoms with E-state index in [4.69, 9.17) is 0 Å². The lowest BCUT2D eigenvalue weighted by molar-refractivity contribution is -0.172. The number of ketones is 1. The Morgan fingerprint density at radius 2 is 1.90 bits per heavy atom. The SMILES string of the molecule is CC(C(=O)C(F)(F)F)c1nc(Cc2ccc(F)cc2)no1. The number of aromatic nitrogens is 2. The van der Waals surface area contributed by atoms with Crippen LogP contribution in [-0.2, 0) is 11.2 Å². The third kappa shape index (κ3) is 3.65. The average molecular weight is 302 g/mol. The summed E-state index contributed by atoms with van der Waals surface area (Å²) in [6.07, 6.45) is -4.79. The first kappa shape index (κ1) is 15.1. The second-order valence-electron chi connectivity index (χ2n) is 4.44. The quantitative estimate of drug-likeness (QED) is 0.815. The Hall–Kier alpha value is -2.25. The van der Waals surface area contributed by atoms with Crippen molar-refractivity contribution in [3.63, 3.8) is 0 Å². The molecule has 0 radical (unpaired) electrons. The molecule has 0 saturated heterocycles. The molecule has 0 fully saturated rings. The average Bonchev–Trinajstić information content (AvgIpc) is 2.87. The van der Waals surface area contributed by atoms with Crippen LogP contribution in [0.5, 0.6) is 0 Å². The van der Waals surface area contributed by atoms with Crippen molar-refractivity contribution in [2.75, 3.05) is 0 Å². The lowest BCUT2D eigenvalue weighted by Crippen LogP contribution is -2.27. The maximum atomic E-state index is 12.7.